The number of aromatic hydroxyl groups is 1. The summed E-state index contributed by atoms with van der Waals surface area (Å²) in [5.41, 5.74) is 1.70. The van der Waals surface area contributed by atoms with E-state index in [1.54, 1.807) is 12.1 Å². The summed E-state index contributed by atoms with van der Waals surface area (Å²) in [6.07, 6.45) is 0. The van der Waals surface area contributed by atoms with Crippen LogP contribution >= 0.6 is 9.47 Å². The van der Waals surface area contributed by atoms with Crippen LogP contribution in [0.3, 0.4) is 0 Å². The van der Waals surface area contributed by atoms with E-state index in [1.165, 1.54) is 9.47 Å². The summed E-state index contributed by atoms with van der Waals surface area (Å²) in [6, 6.07) is 14.9. The minimum atomic E-state index is 0.269. The minimum Gasteiger partial charge on any atom is -0.507 e. The van der Waals surface area contributed by atoms with Crippen LogP contribution in [-0.4, -0.2) is 5.11 Å². The Hall–Kier alpha value is -1.53. The number of hydrogen-bond acceptors (Lipinski definition) is 2. The molecule has 0 amide bonds. The summed E-state index contributed by atoms with van der Waals surface area (Å²) in [5, 5.41) is 9.73. The lowest BCUT2D eigenvalue weighted by Crippen LogP contribution is -1.83. The molecule has 1 N–H and O–H groups in total. The van der Waals surface area contributed by atoms with E-state index in [4.69, 9.17) is 4.52 Å². The van der Waals surface area contributed by atoms with Crippen LogP contribution in [0, 0.1) is 0 Å². The number of para-hydroxylation sites is 2. The van der Waals surface area contributed by atoms with Gasteiger partial charge in [0.25, 0.3) is 0 Å². The molecule has 1 unspecified atom stereocenters. The highest BCUT2D eigenvalue weighted by Crippen LogP contribution is 2.35. The SMILES string of the molecule is Oc1ccccc1-c1ccccc1O[PH3+]. The van der Waals surface area contributed by atoms with Crippen molar-refractivity contribution in [2.24, 2.45) is 0 Å². The summed E-state index contributed by atoms with van der Waals surface area (Å²) >= 11 is 0. The molecule has 0 spiro atoms. The summed E-state index contributed by atoms with van der Waals surface area (Å²) in [4.78, 5) is 0. The van der Waals surface area contributed by atoms with Gasteiger partial charge >= 0.3 is 0 Å². The number of phenolic OH excluding ortho intramolecular Hbond substituents is 1. The van der Waals surface area contributed by atoms with Crippen molar-refractivity contribution in [3.63, 3.8) is 0 Å². The average Bonchev–Trinajstić information content (AvgIpc) is 2.30. The van der Waals surface area contributed by atoms with E-state index in [0.717, 1.165) is 16.9 Å². The molecule has 2 aromatic rings. The van der Waals surface area contributed by atoms with E-state index in [2.05, 4.69) is 0 Å². The number of benzene rings is 2. The molecule has 0 radical (unpaired) electrons. The van der Waals surface area contributed by atoms with Crippen LogP contribution in [0.5, 0.6) is 11.5 Å². The molecule has 0 saturated heterocycles. The third kappa shape index (κ3) is 1.95. The van der Waals surface area contributed by atoms with Gasteiger partial charge in [-0.15, -0.1) is 0 Å². The standard InChI is InChI=1S/C12H11O2P/c13-11-7-3-1-5-9(11)10-6-2-4-8-12(10)14-15/h1-8H,15H3/p+1. The van der Waals surface area contributed by atoms with Gasteiger partial charge in [0, 0.05) is 11.1 Å². The highest BCUT2D eigenvalue weighted by Gasteiger charge is 2.09. The van der Waals surface area contributed by atoms with E-state index in [9.17, 15) is 5.11 Å². The highest BCUT2D eigenvalue weighted by atomic mass is 31.0. The Kier molecular flexibility index (Phi) is 2.89. The molecule has 0 aliphatic heterocycles. The van der Waals surface area contributed by atoms with Crippen molar-refractivity contribution >= 4 is 9.47 Å². The molecule has 76 valence electrons. The van der Waals surface area contributed by atoms with Gasteiger partial charge in [0.15, 0.2) is 15.2 Å². The van der Waals surface area contributed by atoms with Crippen LogP contribution in [0.2, 0.25) is 0 Å². The maximum absolute atomic E-state index is 9.73. The predicted octanol–water partition coefficient (Wildman–Crippen LogP) is 2.96. The largest absolute Gasteiger partial charge is 0.507 e. The first-order valence-corrected chi connectivity index (χ1v) is 5.20. The molecular formula is C12H12O2P+. The molecule has 0 fully saturated rings. The third-order valence-electron chi connectivity index (χ3n) is 2.24. The van der Waals surface area contributed by atoms with Crippen molar-refractivity contribution in [2.45, 2.75) is 0 Å². The maximum Gasteiger partial charge on any atom is 0.180 e. The zero-order valence-electron chi connectivity index (χ0n) is 8.18. The topological polar surface area (TPSA) is 29.5 Å². The first-order chi connectivity index (χ1) is 7.33. The Morgan fingerprint density at radius 3 is 2.13 bits per heavy atom. The lowest BCUT2D eigenvalue weighted by molar-refractivity contribution is 0.477. The second kappa shape index (κ2) is 4.33. The highest BCUT2D eigenvalue weighted by molar-refractivity contribution is 7.10. The molecule has 3 heteroatoms. The summed E-state index contributed by atoms with van der Waals surface area (Å²) < 4.78 is 5.27. The van der Waals surface area contributed by atoms with Crippen LogP contribution in [0.4, 0.5) is 0 Å². The summed E-state index contributed by atoms with van der Waals surface area (Å²) in [7, 11) is 1.43. The average molecular weight is 219 g/mol. The fourth-order valence-electron chi connectivity index (χ4n) is 1.52. The molecule has 0 heterocycles. The van der Waals surface area contributed by atoms with E-state index in [0.29, 0.717) is 0 Å². The van der Waals surface area contributed by atoms with Crippen molar-refractivity contribution in [3.8, 4) is 22.6 Å². The quantitative estimate of drug-likeness (QED) is 0.787. The Morgan fingerprint density at radius 1 is 0.867 bits per heavy atom. The molecule has 0 aromatic heterocycles. The Labute approximate surface area is 90.8 Å². The van der Waals surface area contributed by atoms with Gasteiger partial charge < -0.3 is 9.63 Å². The van der Waals surface area contributed by atoms with Gasteiger partial charge in [0.2, 0.25) is 0 Å². The van der Waals surface area contributed by atoms with E-state index in [1.807, 2.05) is 36.4 Å². The van der Waals surface area contributed by atoms with E-state index in [-0.39, 0.29) is 5.75 Å². The van der Waals surface area contributed by atoms with Crippen molar-refractivity contribution in [2.75, 3.05) is 0 Å². The predicted molar refractivity (Wildman–Crippen MR) is 65.3 cm³/mol. The molecule has 0 saturated carbocycles. The van der Waals surface area contributed by atoms with Gasteiger partial charge in [-0.1, -0.05) is 36.4 Å². The molecule has 2 aromatic carbocycles. The monoisotopic (exact) mass is 219 g/mol. The van der Waals surface area contributed by atoms with Gasteiger partial charge in [0.1, 0.15) is 5.75 Å². The fraction of sp³-hybridized carbons (Fsp3) is 0. The van der Waals surface area contributed by atoms with Gasteiger partial charge in [-0.2, -0.15) is 0 Å². The lowest BCUT2D eigenvalue weighted by atomic mass is 10.0. The molecule has 2 nitrogen and oxygen atoms in total. The zero-order valence-corrected chi connectivity index (χ0v) is 9.60. The second-order valence-electron chi connectivity index (χ2n) is 3.16. The van der Waals surface area contributed by atoms with Crippen molar-refractivity contribution < 1.29 is 9.63 Å². The normalized spacial score (nSPS) is 10.1. The molecule has 0 aliphatic carbocycles. The molecule has 2 rings (SSSR count). The van der Waals surface area contributed by atoms with E-state index < -0.39 is 0 Å². The van der Waals surface area contributed by atoms with Gasteiger partial charge in [0.05, 0.1) is 0 Å². The Bertz CT molecular complexity index is 469. The Balaban J connectivity index is 2.59. The minimum absolute atomic E-state index is 0.269. The maximum atomic E-state index is 9.73. The molecular weight excluding hydrogens is 207 g/mol. The molecule has 15 heavy (non-hydrogen) atoms. The number of phenols is 1. The van der Waals surface area contributed by atoms with Crippen LogP contribution in [0.1, 0.15) is 0 Å². The Morgan fingerprint density at radius 2 is 1.47 bits per heavy atom. The lowest BCUT2D eigenvalue weighted by Gasteiger charge is -2.06. The first kappa shape index (κ1) is 10.0. The van der Waals surface area contributed by atoms with Gasteiger partial charge in [-0.25, -0.2) is 0 Å². The summed E-state index contributed by atoms with van der Waals surface area (Å²) in [5.74, 6) is 1.04. The third-order valence-corrected chi connectivity index (χ3v) is 2.55. The smallest absolute Gasteiger partial charge is 0.180 e. The summed E-state index contributed by atoms with van der Waals surface area (Å²) in [6.45, 7) is 0. The molecule has 0 bridgehead atoms. The molecule has 0 aliphatic rings. The van der Waals surface area contributed by atoms with Crippen LogP contribution < -0.4 is 4.52 Å². The number of rotatable bonds is 2. The van der Waals surface area contributed by atoms with Crippen molar-refractivity contribution in [1.82, 2.24) is 0 Å². The van der Waals surface area contributed by atoms with E-state index >= 15 is 0 Å². The van der Waals surface area contributed by atoms with Crippen molar-refractivity contribution in [1.29, 1.82) is 0 Å². The van der Waals surface area contributed by atoms with Crippen LogP contribution in [0.15, 0.2) is 48.5 Å². The van der Waals surface area contributed by atoms with Crippen molar-refractivity contribution in [3.05, 3.63) is 48.5 Å². The van der Waals surface area contributed by atoms with Gasteiger partial charge in [-0.3, -0.25) is 0 Å². The van der Waals surface area contributed by atoms with Crippen LogP contribution in [-0.2, 0) is 0 Å². The second-order valence-corrected chi connectivity index (χ2v) is 3.45. The number of hydrogen-bond donors (Lipinski definition) is 1. The molecule has 1 atom stereocenters. The van der Waals surface area contributed by atoms with Gasteiger partial charge in [-0.05, 0) is 12.1 Å². The first-order valence-electron chi connectivity index (χ1n) is 4.62. The fourth-order valence-corrected chi connectivity index (χ4v) is 1.77. The van der Waals surface area contributed by atoms with Crippen LogP contribution in [0.25, 0.3) is 11.1 Å². The zero-order chi connectivity index (χ0) is 10.7.